The van der Waals surface area contributed by atoms with E-state index >= 15 is 0 Å². The topological polar surface area (TPSA) is 110 Å². The van der Waals surface area contributed by atoms with E-state index in [-0.39, 0.29) is 24.1 Å². The highest BCUT2D eigenvalue weighted by Gasteiger charge is 2.20. The number of nitrogens with one attached hydrogen (secondary N) is 1. The normalized spacial score (nSPS) is 14.9. The average molecular weight is 329 g/mol. The van der Waals surface area contributed by atoms with Crippen LogP contribution in [0.25, 0.3) is 0 Å². The predicted molar refractivity (Wildman–Crippen MR) is 81.3 cm³/mol. The summed E-state index contributed by atoms with van der Waals surface area (Å²) >= 11 is 0. The molecule has 0 heterocycles. The third kappa shape index (κ3) is 7.53. The fourth-order valence-electron chi connectivity index (χ4n) is 1.39. The number of nitrogens with two attached hydrogens (primary N) is 1. The van der Waals surface area contributed by atoms with E-state index in [1.807, 2.05) is 13.8 Å². The summed E-state index contributed by atoms with van der Waals surface area (Å²) in [6.45, 7) is 5.69. The Kier molecular flexibility index (Phi) is 8.19. The summed E-state index contributed by atoms with van der Waals surface area (Å²) in [5.74, 6) is -0.0198. The summed E-state index contributed by atoms with van der Waals surface area (Å²) in [5, 5.41) is 0. The standard InChI is InChI=1S/C11H27N3O4S2/c1-5-19(15,16)13-7-9-20(17,18)14(4)8-6-11(12)10(2)3/h10-11,13H,5-9,12H2,1-4H3. The zero-order chi connectivity index (χ0) is 16.0. The van der Waals surface area contributed by atoms with Crippen molar-refractivity contribution in [3.8, 4) is 0 Å². The van der Waals surface area contributed by atoms with Gasteiger partial charge in [0, 0.05) is 26.2 Å². The van der Waals surface area contributed by atoms with Crippen LogP contribution in [0, 0.1) is 5.92 Å². The molecule has 0 saturated heterocycles. The number of rotatable bonds is 10. The molecule has 0 radical (unpaired) electrons. The number of sulfonamides is 2. The summed E-state index contributed by atoms with van der Waals surface area (Å²) in [5.41, 5.74) is 5.87. The van der Waals surface area contributed by atoms with Crippen LogP contribution in [0.15, 0.2) is 0 Å². The van der Waals surface area contributed by atoms with E-state index in [0.717, 1.165) is 0 Å². The lowest BCUT2D eigenvalue weighted by molar-refractivity contribution is 0.397. The lowest BCUT2D eigenvalue weighted by Crippen LogP contribution is -2.38. The van der Waals surface area contributed by atoms with Gasteiger partial charge >= 0.3 is 0 Å². The number of hydrogen-bond acceptors (Lipinski definition) is 5. The minimum Gasteiger partial charge on any atom is -0.327 e. The van der Waals surface area contributed by atoms with E-state index in [0.29, 0.717) is 18.9 Å². The summed E-state index contributed by atoms with van der Waals surface area (Å²) in [4.78, 5) is 0. The fraction of sp³-hybridized carbons (Fsp3) is 1.00. The number of nitrogens with zero attached hydrogens (tertiary/aromatic N) is 1. The quantitative estimate of drug-likeness (QED) is 0.565. The molecule has 0 bridgehead atoms. The molecule has 1 atom stereocenters. The van der Waals surface area contributed by atoms with Gasteiger partial charge in [0.05, 0.1) is 11.5 Å². The van der Waals surface area contributed by atoms with Gasteiger partial charge < -0.3 is 5.73 Å². The lowest BCUT2D eigenvalue weighted by atomic mass is 10.0. The largest absolute Gasteiger partial charge is 0.327 e. The summed E-state index contributed by atoms with van der Waals surface area (Å²) in [6, 6.07) is -0.0498. The molecule has 0 amide bonds. The highest BCUT2D eigenvalue weighted by Crippen LogP contribution is 2.06. The van der Waals surface area contributed by atoms with Gasteiger partial charge in [0.1, 0.15) is 0 Å². The summed E-state index contributed by atoms with van der Waals surface area (Å²) in [6.07, 6.45) is 0.577. The molecule has 0 saturated carbocycles. The molecule has 7 nitrogen and oxygen atoms in total. The van der Waals surface area contributed by atoms with Crippen molar-refractivity contribution < 1.29 is 16.8 Å². The molecular weight excluding hydrogens is 302 g/mol. The van der Waals surface area contributed by atoms with E-state index in [2.05, 4.69) is 4.72 Å². The molecule has 0 aliphatic carbocycles. The maximum atomic E-state index is 11.9. The van der Waals surface area contributed by atoms with Crippen LogP contribution in [-0.4, -0.2) is 58.8 Å². The Bertz CT molecular complexity index is 474. The molecule has 3 N–H and O–H groups in total. The van der Waals surface area contributed by atoms with Gasteiger partial charge in [0.15, 0.2) is 0 Å². The fourth-order valence-corrected chi connectivity index (χ4v) is 3.19. The van der Waals surface area contributed by atoms with Gasteiger partial charge in [0.25, 0.3) is 0 Å². The van der Waals surface area contributed by atoms with Crippen LogP contribution in [0.1, 0.15) is 27.2 Å². The van der Waals surface area contributed by atoms with Gasteiger partial charge in [-0.05, 0) is 19.3 Å². The lowest BCUT2D eigenvalue weighted by Gasteiger charge is -2.21. The first kappa shape index (κ1) is 19.8. The van der Waals surface area contributed by atoms with Crippen LogP contribution in [0.3, 0.4) is 0 Å². The maximum Gasteiger partial charge on any atom is 0.215 e. The molecule has 122 valence electrons. The van der Waals surface area contributed by atoms with Crippen LogP contribution >= 0.6 is 0 Å². The molecule has 0 aliphatic rings. The SMILES string of the molecule is CCS(=O)(=O)NCCS(=O)(=O)N(C)CCC(N)C(C)C. The molecule has 0 rings (SSSR count). The molecule has 20 heavy (non-hydrogen) atoms. The van der Waals surface area contributed by atoms with Crippen molar-refractivity contribution >= 4 is 20.0 Å². The molecular formula is C11H27N3O4S2. The van der Waals surface area contributed by atoms with Gasteiger partial charge in [-0.2, -0.15) is 0 Å². The molecule has 0 aromatic heterocycles. The molecule has 1 unspecified atom stereocenters. The van der Waals surface area contributed by atoms with E-state index in [1.165, 1.54) is 18.3 Å². The first-order valence-electron chi connectivity index (χ1n) is 6.68. The van der Waals surface area contributed by atoms with Crippen molar-refractivity contribution in [3.63, 3.8) is 0 Å². The highest BCUT2D eigenvalue weighted by atomic mass is 32.2. The zero-order valence-corrected chi connectivity index (χ0v) is 14.3. The zero-order valence-electron chi connectivity index (χ0n) is 12.7. The van der Waals surface area contributed by atoms with Crippen molar-refractivity contribution in [2.45, 2.75) is 33.2 Å². The molecule has 0 aromatic carbocycles. The van der Waals surface area contributed by atoms with Gasteiger partial charge in [-0.1, -0.05) is 13.8 Å². The molecule has 0 fully saturated rings. The second kappa shape index (κ2) is 8.28. The third-order valence-electron chi connectivity index (χ3n) is 3.17. The molecule has 0 spiro atoms. The second-order valence-electron chi connectivity index (χ2n) is 5.13. The van der Waals surface area contributed by atoms with Gasteiger partial charge in [-0.25, -0.2) is 25.9 Å². The smallest absolute Gasteiger partial charge is 0.215 e. The Morgan fingerprint density at radius 2 is 1.75 bits per heavy atom. The number of hydrogen-bond donors (Lipinski definition) is 2. The van der Waals surface area contributed by atoms with E-state index in [1.54, 1.807) is 0 Å². The molecule has 0 aliphatic heterocycles. The third-order valence-corrected chi connectivity index (χ3v) is 6.43. The first-order valence-corrected chi connectivity index (χ1v) is 9.95. The van der Waals surface area contributed by atoms with Crippen molar-refractivity contribution in [1.29, 1.82) is 0 Å². The molecule has 9 heteroatoms. The van der Waals surface area contributed by atoms with Crippen molar-refractivity contribution in [2.75, 3.05) is 31.6 Å². The Morgan fingerprint density at radius 3 is 2.20 bits per heavy atom. The van der Waals surface area contributed by atoms with Crippen molar-refractivity contribution in [1.82, 2.24) is 9.03 Å². The summed E-state index contributed by atoms with van der Waals surface area (Å²) in [7, 11) is -5.34. The maximum absolute atomic E-state index is 11.9. The van der Waals surface area contributed by atoms with Crippen molar-refractivity contribution in [2.24, 2.45) is 11.7 Å². The Morgan fingerprint density at radius 1 is 1.20 bits per heavy atom. The van der Waals surface area contributed by atoms with Crippen LogP contribution in [0.4, 0.5) is 0 Å². The second-order valence-corrected chi connectivity index (χ2v) is 9.42. The van der Waals surface area contributed by atoms with Crippen LogP contribution in [-0.2, 0) is 20.0 Å². The van der Waals surface area contributed by atoms with E-state index in [4.69, 9.17) is 5.73 Å². The monoisotopic (exact) mass is 329 g/mol. The van der Waals surface area contributed by atoms with E-state index < -0.39 is 20.0 Å². The minimum atomic E-state index is -3.46. The van der Waals surface area contributed by atoms with Crippen molar-refractivity contribution in [3.05, 3.63) is 0 Å². The Hall–Kier alpha value is -0.220. The van der Waals surface area contributed by atoms with Gasteiger partial charge in [0.2, 0.25) is 20.0 Å². The Labute approximate surface area is 123 Å². The molecule has 0 aromatic rings. The first-order chi connectivity index (χ1) is 9.02. The van der Waals surface area contributed by atoms with Gasteiger partial charge in [-0.3, -0.25) is 0 Å². The van der Waals surface area contributed by atoms with Crippen LogP contribution in [0.2, 0.25) is 0 Å². The summed E-state index contributed by atoms with van der Waals surface area (Å²) < 4.78 is 49.8. The minimum absolute atomic E-state index is 0.0498. The van der Waals surface area contributed by atoms with Crippen LogP contribution in [0.5, 0.6) is 0 Å². The average Bonchev–Trinajstić information content (AvgIpc) is 2.34. The predicted octanol–water partition coefficient (Wildman–Crippen LogP) is -0.439. The van der Waals surface area contributed by atoms with Gasteiger partial charge in [-0.15, -0.1) is 0 Å². The highest BCUT2D eigenvalue weighted by molar-refractivity contribution is 7.90. The Balaban J connectivity index is 4.29. The van der Waals surface area contributed by atoms with E-state index in [9.17, 15) is 16.8 Å². The van der Waals surface area contributed by atoms with Crippen LogP contribution < -0.4 is 10.5 Å².